The van der Waals surface area contributed by atoms with Gasteiger partial charge in [0.15, 0.2) is 6.10 Å². The SMILES string of the molecule is CC[S@@](=O)c1ccccc1C(=O)O[C@@H](C)C(=O)NC(=O)NC(C)(C)C. The standard InChI is InChI=1S/C17H24N2O5S/c1-6-25(23)13-10-8-7-9-12(13)15(21)24-11(2)14(20)18-16(22)19-17(3,4)5/h7-11H,6H2,1-5H3,(H2,18,19,20,22)/t11-,25+/m0/s1. The molecule has 0 heterocycles. The van der Waals surface area contributed by atoms with Crippen molar-refractivity contribution in [2.24, 2.45) is 0 Å². The Balaban J connectivity index is 2.76. The average Bonchev–Trinajstić information content (AvgIpc) is 2.51. The van der Waals surface area contributed by atoms with Gasteiger partial charge in [0.05, 0.1) is 21.3 Å². The molecule has 0 unspecified atom stereocenters. The van der Waals surface area contributed by atoms with Crippen LogP contribution < -0.4 is 10.6 Å². The van der Waals surface area contributed by atoms with Crippen LogP contribution in [0.25, 0.3) is 0 Å². The van der Waals surface area contributed by atoms with E-state index in [9.17, 15) is 18.6 Å². The van der Waals surface area contributed by atoms with Crippen LogP contribution in [0.4, 0.5) is 4.79 Å². The van der Waals surface area contributed by atoms with Crippen molar-refractivity contribution in [3.63, 3.8) is 0 Å². The highest BCUT2D eigenvalue weighted by Gasteiger charge is 2.24. The highest BCUT2D eigenvalue weighted by molar-refractivity contribution is 7.85. The van der Waals surface area contributed by atoms with E-state index in [1.807, 2.05) is 0 Å². The molecule has 8 heteroatoms. The minimum Gasteiger partial charge on any atom is -0.449 e. The summed E-state index contributed by atoms with van der Waals surface area (Å²) < 4.78 is 17.1. The Morgan fingerprint density at radius 2 is 1.80 bits per heavy atom. The van der Waals surface area contributed by atoms with E-state index in [4.69, 9.17) is 4.74 Å². The molecule has 0 saturated carbocycles. The van der Waals surface area contributed by atoms with Crippen LogP contribution in [0.15, 0.2) is 29.2 Å². The number of nitrogens with one attached hydrogen (secondary N) is 2. The molecule has 1 rings (SSSR count). The van der Waals surface area contributed by atoms with Crippen molar-refractivity contribution in [1.29, 1.82) is 0 Å². The van der Waals surface area contributed by atoms with Crippen LogP contribution >= 0.6 is 0 Å². The van der Waals surface area contributed by atoms with Crippen LogP contribution in [0.1, 0.15) is 45.0 Å². The second-order valence-electron chi connectivity index (χ2n) is 6.37. The van der Waals surface area contributed by atoms with Crippen LogP contribution in [0.2, 0.25) is 0 Å². The van der Waals surface area contributed by atoms with Gasteiger partial charge in [-0.2, -0.15) is 0 Å². The minimum atomic E-state index is -1.33. The predicted octanol–water partition coefficient (Wildman–Crippen LogP) is 1.98. The van der Waals surface area contributed by atoms with Gasteiger partial charge >= 0.3 is 12.0 Å². The number of ether oxygens (including phenoxy) is 1. The fourth-order valence-electron chi connectivity index (χ4n) is 1.85. The van der Waals surface area contributed by atoms with E-state index < -0.39 is 40.4 Å². The second-order valence-corrected chi connectivity index (χ2v) is 8.08. The van der Waals surface area contributed by atoms with Crippen LogP contribution in [-0.2, 0) is 20.3 Å². The first-order valence-corrected chi connectivity index (χ1v) is 9.18. The van der Waals surface area contributed by atoms with Crippen LogP contribution in [0.5, 0.6) is 0 Å². The zero-order chi connectivity index (χ0) is 19.2. The van der Waals surface area contributed by atoms with Crippen LogP contribution in [-0.4, -0.2) is 39.5 Å². The van der Waals surface area contributed by atoms with E-state index in [1.54, 1.807) is 45.9 Å². The molecule has 3 amide bonds. The van der Waals surface area contributed by atoms with E-state index in [0.717, 1.165) is 0 Å². The zero-order valence-corrected chi connectivity index (χ0v) is 15.9. The first kappa shape index (κ1) is 20.8. The molecule has 2 atom stereocenters. The molecule has 25 heavy (non-hydrogen) atoms. The second kappa shape index (κ2) is 8.75. The Labute approximate surface area is 150 Å². The fraction of sp³-hybridized carbons (Fsp3) is 0.471. The van der Waals surface area contributed by atoms with Gasteiger partial charge in [-0.05, 0) is 39.8 Å². The van der Waals surface area contributed by atoms with Crippen molar-refractivity contribution in [3.8, 4) is 0 Å². The first-order valence-electron chi connectivity index (χ1n) is 7.86. The number of rotatable bonds is 5. The van der Waals surface area contributed by atoms with Gasteiger partial charge in [-0.3, -0.25) is 14.3 Å². The molecule has 0 aliphatic carbocycles. The van der Waals surface area contributed by atoms with Gasteiger partial charge in [-0.15, -0.1) is 0 Å². The minimum absolute atomic E-state index is 0.140. The third-order valence-corrected chi connectivity index (χ3v) is 4.36. The summed E-state index contributed by atoms with van der Waals surface area (Å²) >= 11 is 0. The van der Waals surface area contributed by atoms with Gasteiger partial charge in [-0.25, -0.2) is 9.59 Å². The van der Waals surface area contributed by atoms with Crippen molar-refractivity contribution in [1.82, 2.24) is 10.6 Å². The summed E-state index contributed by atoms with van der Waals surface area (Å²) in [6.45, 7) is 8.40. The zero-order valence-electron chi connectivity index (χ0n) is 15.0. The average molecular weight is 368 g/mol. The lowest BCUT2D eigenvalue weighted by Gasteiger charge is -2.21. The van der Waals surface area contributed by atoms with E-state index in [-0.39, 0.29) is 5.56 Å². The maximum Gasteiger partial charge on any atom is 0.340 e. The number of hydrogen-bond acceptors (Lipinski definition) is 5. The molecule has 0 spiro atoms. The summed E-state index contributed by atoms with van der Waals surface area (Å²) in [4.78, 5) is 36.3. The molecule has 0 fully saturated rings. The topological polar surface area (TPSA) is 102 Å². The highest BCUT2D eigenvalue weighted by Crippen LogP contribution is 2.16. The normalized spacial score (nSPS) is 13.5. The van der Waals surface area contributed by atoms with Gasteiger partial charge < -0.3 is 10.1 Å². The summed E-state index contributed by atoms with van der Waals surface area (Å²) in [6, 6.07) is 5.69. The Bertz CT molecular complexity index is 682. The molecular formula is C17H24N2O5S. The van der Waals surface area contributed by atoms with Gasteiger partial charge in [0.1, 0.15) is 0 Å². The molecule has 1 aromatic rings. The highest BCUT2D eigenvalue weighted by atomic mass is 32.2. The van der Waals surface area contributed by atoms with Gasteiger partial charge in [-0.1, -0.05) is 19.1 Å². The Morgan fingerprint density at radius 3 is 2.36 bits per heavy atom. The number of carbonyl (C=O) groups is 3. The van der Waals surface area contributed by atoms with Crippen molar-refractivity contribution in [2.45, 2.75) is 51.2 Å². The maximum atomic E-state index is 12.3. The molecule has 0 bridgehead atoms. The molecular weight excluding hydrogens is 344 g/mol. The fourth-order valence-corrected chi connectivity index (χ4v) is 2.79. The number of amides is 3. The molecule has 1 aromatic carbocycles. The van der Waals surface area contributed by atoms with Gasteiger partial charge in [0.25, 0.3) is 5.91 Å². The first-order chi connectivity index (χ1) is 11.5. The lowest BCUT2D eigenvalue weighted by atomic mass is 10.1. The number of esters is 1. The molecule has 0 aromatic heterocycles. The Morgan fingerprint density at radius 1 is 1.20 bits per heavy atom. The molecule has 138 valence electrons. The van der Waals surface area contributed by atoms with Crippen molar-refractivity contribution in [3.05, 3.63) is 29.8 Å². The van der Waals surface area contributed by atoms with Gasteiger partial charge in [0, 0.05) is 11.3 Å². The molecule has 0 saturated heterocycles. The van der Waals surface area contributed by atoms with E-state index in [1.165, 1.54) is 13.0 Å². The van der Waals surface area contributed by atoms with Crippen LogP contribution in [0, 0.1) is 0 Å². The van der Waals surface area contributed by atoms with Crippen molar-refractivity contribution < 1.29 is 23.3 Å². The lowest BCUT2D eigenvalue weighted by Crippen LogP contribution is -2.50. The van der Waals surface area contributed by atoms with Crippen molar-refractivity contribution >= 4 is 28.7 Å². The van der Waals surface area contributed by atoms with Crippen molar-refractivity contribution in [2.75, 3.05) is 5.75 Å². The predicted molar refractivity (Wildman–Crippen MR) is 94.7 cm³/mol. The quantitative estimate of drug-likeness (QED) is 0.774. The number of urea groups is 1. The van der Waals surface area contributed by atoms with E-state index >= 15 is 0 Å². The molecule has 0 radical (unpaired) electrons. The summed E-state index contributed by atoms with van der Waals surface area (Å²) in [7, 11) is -1.33. The summed E-state index contributed by atoms with van der Waals surface area (Å²) in [5, 5.41) is 4.69. The Hall–Kier alpha value is -2.22. The van der Waals surface area contributed by atoms with E-state index in [2.05, 4.69) is 10.6 Å². The number of imide groups is 1. The van der Waals surface area contributed by atoms with Gasteiger partial charge in [0.2, 0.25) is 0 Å². The molecule has 7 nitrogen and oxygen atoms in total. The summed E-state index contributed by atoms with van der Waals surface area (Å²) in [6.07, 6.45) is -1.18. The summed E-state index contributed by atoms with van der Waals surface area (Å²) in [5.41, 5.74) is -0.366. The largest absolute Gasteiger partial charge is 0.449 e. The molecule has 0 aliphatic rings. The number of carbonyl (C=O) groups excluding carboxylic acids is 3. The monoisotopic (exact) mass is 368 g/mol. The summed E-state index contributed by atoms with van der Waals surface area (Å²) in [5.74, 6) is -1.16. The molecule has 0 aliphatic heterocycles. The lowest BCUT2D eigenvalue weighted by molar-refractivity contribution is -0.127. The number of hydrogen-bond donors (Lipinski definition) is 2. The number of benzene rings is 1. The Kier molecular flexibility index (Phi) is 7.29. The smallest absolute Gasteiger partial charge is 0.340 e. The third kappa shape index (κ3) is 6.66. The third-order valence-electron chi connectivity index (χ3n) is 2.99. The maximum absolute atomic E-state index is 12.3. The van der Waals surface area contributed by atoms with Crippen LogP contribution in [0.3, 0.4) is 0 Å². The molecule has 2 N–H and O–H groups in total. The van der Waals surface area contributed by atoms with E-state index in [0.29, 0.717) is 10.6 Å².